The number of nitrogens with zero attached hydrogens (tertiary/aromatic N) is 1. The molecule has 6 heteroatoms. The number of hydrogen-bond donors (Lipinski definition) is 1. The molecule has 0 saturated carbocycles. The molecule has 1 saturated heterocycles. The van der Waals surface area contributed by atoms with Crippen molar-refractivity contribution < 1.29 is 12.8 Å². The first kappa shape index (κ1) is 14.6. The first-order chi connectivity index (χ1) is 8.96. The molecule has 1 fully saturated rings. The number of hydrogen-bond acceptors (Lipinski definition) is 4. The quantitative estimate of drug-likeness (QED) is 0.893. The molecule has 2 heterocycles. The number of rotatable bonds is 5. The van der Waals surface area contributed by atoms with Gasteiger partial charge in [-0.3, -0.25) is 4.90 Å². The second kappa shape index (κ2) is 6.07. The van der Waals surface area contributed by atoms with Gasteiger partial charge in [0.15, 0.2) is 0 Å². The van der Waals surface area contributed by atoms with Crippen molar-refractivity contribution in [3.05, 3.63) is 24.2 Å². The van der Waals surface area contributed by atoms with Gasteiger partial charge >= 0.3 is 0 Å². The minimum atomic E-state index is -3.18. The molecule has 2 rings (SSSR count). The van der Waals surface area contributed by atoms with E-state index in [0.717, 1.165) is 37.6 Å². The Morgan fingerprint density at radius 1 is 1.47 bits per heavy atom. The summed E-state index contributed by atoms with van der Waals surface area (Å²) in [4.78, 5) is 2.30. The van der Waals surface area contributed by atoms with Gasteiger partial charge in [0.25, 0.3) is 0 Å². The van der Waals surface area contributed by atoms with Gasteiger partial charge in [0.2, 0.25) is 10.0 Å². The van der Waals surface area contributed by atoms with Crippen molar-refractivity contribution in [1.82, 2.24) is 9.62 Å². The van der Waals surface area contributed by atoms with Crippen molar-refractivity contribution >= 4 is 10.0 Å². The van der Waals surface area contributed by atoms with Gasteiger partial charge in [0, 0.05) is 6.54 Å². The zero-order valence-electron chi connectivity index (χ0n) is 11.5. The normalized spacial score (nSPS) is 20.5. The van der Waals surface area contributed by atoms with E-state index < -0.39 is 10.0 Å². The van der Waals surface area contributed by atoms with Crippen LogP contribution in [0.2, 0.25) is 0 Å². The van der Waals surface area contributed by atoms with E-state index in [-0.39, 0.29) is 6.04 Å². The first-order valence-corrected chi connectivity index (χ1v) is 8.57. The molecule has 0 spiro atoms. The fourth-order valence-corrected chi connectivity index (χ4v) is 2.92. The van der Waals surface area contributed by atoms with E-state index in [9.17, 15) is 8.42 Å². The highest BCUT2D eigenvalue weighted by molar-refractivity contribution is 7.88. The Morgan fingerprint density at radius 3 is 2.68 bits per heavy atom. The van der Waals surface area contributed by atoms with E-state index in [2.05, 4.69) is 16.5 Å². The summed E-state index contributed by atoms with van der Waals surface area (Å²) in [5, 5.41) is 0. The Labute approximate surface area is 115 Å². The lowest BCUT2D eigenvalue weighted by atomic mass is 9.97. The van der Waals surface area contributed by atoms with Crippen molar-refractivity contribution in [3.8, 4) is 0 Å². The summed E-state index contributed by atoms with van der Waals surface area (Å²) in [6.07, 6.45) is 5.12. The largest absolute Gasteiger partial charge is 0.468 e. The zero-order chi connectivity index (χ0) is 13.9. The standard InChI is InChI=1S/C13H22N2O3S/c1-11-5-7-15(8-6-11)12(10-14-19(2,16)17)13-4-3-9-18-13/h3-4,9,11-12,14H,5-8,10H2,1-2H3. The Morgan fingerprint density at radius 2 is 2.16 bits per heavy atom. The van der Waals surface area contributed by atoms with Gasteiger partial charge in [-0.05, 0) is 44.0 Å². The fraction of sp³-hybridized carbons (Fsp3) is 0.692. The Hall–Kier alpha value is -0.850. The van der Waals surface area contributed by atoms with Gasteiger partial charge in [-0.1, -0.05) is 6.92 Å². The summed E-state index contributed by atoms with van der Waals surface area (Å²) in [6.45, 7) is 4.59. The van der Waals surface area contributed by atoms with Crippen LogP contribution in [-0.4, -0.2) is 39.2 Å². The fourth-order valence-electron chi connectivity index (χ4n) is 2.46. The molecular weight excluding hydrogens is 264 g/mol. The highest BCUT2D eigenvalue weighted by Crippen LogP contribution is 2.26. The van der Waals surface area contributed by atoms with Crippen molar-refractivity contribution in [2.24, 2.45) is 5.92 Å². The van der Waals surface area contributed by atoms with Gasteiger partial charge in [0.05, 0.1) is 18.6 Å². The highest BCUT2D eigenvalue weighted by Gasteiger charge is 2.26. The maximum atomic E-state index is 11.3. The summed E-state index contributed by atoms with van der Waals surface area (Å²) in [6, 6.07) is 3.74. The number of nitrogens with one attached hydrogen (secondary N) is 1. The summed E-state index contributed by atoms with van der Waals surface area (Å²) in [5.41, 5.74) is 0. The molecule has 1 aromatic heterocycles. The lowest BCUT2D eigenvalue weighted by molar-refractivity contribution is 0.125. The molecule has 0 aliphatic carbocycles. The van der Waals surface area contributed by atoms with Crippen LogP contribution in [0.15, 0.2) is 22.8 Å². The molecule has 1 aromatic rings. The van der Waals surface area contributed by atoms with Crippen LogP contribution in [0.3, 0.4) is 0 Å². The molecule has 1 aliphatic heterocycles. The minimum Gasteiger partial charge on any atom is -0.468 e. The van der Waals surface area contributed by atoms with Crippen molar-refractivity contribution in [2.45, 2.75) is 25.8 Å². The van der Waals surface area contributed by atoms with E-state index in [0.29, 0.717) is 6.54 Å². The molecule has 1 atom stereocenters. The molecular formula is C13H22N2O3S. The van der Waals surface area contributed by atoms with Crippen LogP contribution in [0.1, 0.15) is 31.6 Å². The van der Waals surface area contributed by atoms with E-state index >= 15 is 0 Å². The summed E-state index contributed by atoms with van der Waals surface area (Å²) in [7, 11) is -3.18. The molecule has 5 nitrogen and oxygen atoms in total. The SMILES string of the molecule is CC1CCN(C(CNS(C)(=O)=O)c2ccco2)CC1. The number of furan rings is 1. The third-order valence-electron chi connectivity index (χ3n) is 3.67. The van der Waals surface area contributed by atoms with E-state index in [4.69, 9.17) is 4.42 Å². The van der Waals surface area contributed by atoms with Crippen LogP contribution in [0.4, 0.5) is 0 Å². The molecule has 108 valence electrons. The molecule has 0 bridgehead atoms. The van der Waals surface area contributed by atoms with Gasteiger partial charge < -0.3 is 4.42 Å². The average molecular weight is 286 g/mol. The molecule has 1 N–H and O–H groups in total. The van der Waals surface area contributed by atoms with Crippen LogP contribution >= 0.6 is 0 Å². The number of piperidine rings is 1. The summed E-state index contributed by atoms with van der Waals surface area (Å²) in [5.74, 6) is 1.57. The molecule has 0 amide bonds. The Bertz CT molecular complexity index is 476. The first-order valence-electron chi connectivity index (χ1n) is 6.68. The maximum absolute atomic E-state index is 11.3. The lowest BCUT2D eigenvalue weighted by Crippen LogP contribution is -2.41. The molecule has 19 heavy (non-hydrogen) atoms. The highest BCUT2D eigenvalue weighted by atomic mass is 32.2. The minimum absolute atomic E-state index is 0.0165. The summed E-state index contributed by atoms with van der Waals surface area (Å²) < 4.78 is 30.6. The maximum Gasteiger partial charge on any atom is 0.208 e. The van der Waals surface area contributed by atoms with Gasteiger partial charge in [-0.2, -0.15) is 0 Å². The third-order valence-corrected chi connectivity index (χ3v) is 4.36. The van der Waals surface area contributed by atoms with E-state index in [1.807, 2.05) is 12.1 Å². The van der Waals surface area contributed by atoms with Crippen molar-refractivity contribution in [3.63, 3.8) is 0 Å². The molecule has 0 radical (unpaired) electrons. The van der Waals surface area contributed by atoms with Crippen LogP contribution in [0, 0.1) is 5.92 Å². The third kappa shape index (κ3) is 4.33. The van der Waals surface area contributed by atoms with E-state index in [1.54, 1.807) is 6.26 Å². The predicted molar refractivity (Wildman–Crippen MR) is 74.3 cm³/mol. The van der Waals surface area contributed by atoms with Crippen molar-refractivity contribution in [1.29, 1.82) is 0 Å². The van der Waals surface area contributed by atoms with Crippen LogP contribution in [-0.2, 0) is 10.0 Å². The lowest BCUT2D eigenvalue weighted by Gasteiger charge is -2.35. The second-order valence-corrected chi connectivity index (χ2v) is 7.20. The van der Waals surface area contributed by atoms with Crippen LogP contribution in [0.25, 0.3) is 0 Å². The number of likely N-dealkylation sites (tertiary alicyclic amines) is 1. The Kier molecular flexibility index (Phi) is 4.65. The predicted octanol–water partition coefficient (Wildman–Crippen LogP) is 1.60. The van der Waals surface area contributed by atoms with Crippen LogP contribution in [0.5, 0.6) is 0 Å². The monoisotopic (exact) mass is 286 g/mol. The zero-order valence-corrected chi connectivity index (χ0v) is 12.3. The van der Waals surface area contributed by atoms with Crippen molar-refractivity contribution in [2.75, 3.05) is 25.9 Å². The van der Waals surface area contributed by atoms with Crippen LogP contribution < -0.4 is 4.72 Å². The second-order valence-electron chi connectivity index (χ2n) is 5.37. The Balaban J connectivity index is 2.06. The van der Waals surface area contributed by atoms with E-state index in [1.165, 1.54) is 6.26 Å². The average Bonchev–Trinajstić information content (AvgIpc) is 2.84. The molecule has 1 aliphatic rings. The van der Waals surface area contributed by atoms with Gasteiger partial charge in [-0.25, -0.2) is 13.1 Å². The van der Waals surface area contributed by atoms with Gasteiger partial charge in [0.1, 0.15) is 5.76 Å². The number of sulfonamides is 1. The molecule has 0 aromatic carbocycles. The topological polar surface area (TPSA) is 62.6 Å². The molecule has 1 unspecified atom stereocenters. The smallest absolute Gasteiger partial charge is 0.208 e. The summed E-state index contributed by atoms with van der Waals surface area (Å²) >= 11 is 0. The van der Waals surface area contributed by atoms with Gasteiger partial charge in [-0.15, -0.1) is 0 Å².